The predicted octanol–water partition coefficient (Wildman–Crippen LogP) is 6.13. The summed E-state index contributed by atoms with van der Waals surface area (Å²) in [5.41, 5.74) is 7.21. The molecule has 8 rings (SSSR count). The van der Waals surface area contributed by atoms with E-state index in [2.05, 4.69) is 68.1 Å². The Balaban J connectivity index is 0.000000174. The van der Waals surface area contributed by atoms with E-state index >= 15 is 0 Å². The molecule has 0 spiro atoms. The minimum absolute atomic E-state index is 0.0227. The second kappa shape index (κ2) is 18.2. The lowest BCUT2D eigenvalue weighted by atomic mass is 10.0. The number of Topliss-reactive ketones (excluding diaryl/α,β-unsaturated/α-hetero) is 1. The summed E-state index contributed by atoms with van der Waals surface area (Å²) in [5.74, 6) is 1.93. The number of ketones is 1. The van der Waals surface area contributed by atoms with Crippen LogP contribution in [0, 0.1) is 11.8 Å². The maximum Gasteiger partial charge on any atom is 0.354 e. The molecule has 5 N–H and O–H groups in total. The van der Waals surface area contributed by atoms with Crippen LogP contribution in [0.15, 0.2) is 73.1 Å². The van der Waals surface area contributed by atoms with Gasteiger partial charge in [-0.2, -0.15) is 0 Å². The number of fused-ring (bicyclic) bond motifs is 8. The van der Waals surface area contributed by atoms with Gasteiger partial charge in [0.05, 0.1) is 23.5 Å². The number of aromatic carboxylic acids is 1. The maximum atomic E-state index is 13.0. The number of carboxylic acid groups (broad SMARTS) is 1. The smallest absolute Gasteiger partial charge is 0.354 e. The molecule has 2 atom stereocenters. The average molecular weight is 778 g/mol. The van der Waals surface area contributed by atoms with E-state index in [9.17, 15) is 24.3 Å². The summed E-state index contributed by atoms with van der Waals surface area (Å²) in [6.45, 7) is 12.4. The first-order valence-electron chi connectivity index (χ1n) is 19.4. The number of anilines is 6. The molecule has 0 aromatic carbocycles. The number of urea groups is 2. The number of nitrogens with one attached hydrogen (secondary N) is 2. The zero-order valence-corrected chi connectivity index (χ0v) is 32.8. The lowest BCUT2D eigenvalue weighted by molar-refractivity contribution is 0.0690. The number of hydrogen-bond acceptors (Lipinski definition) is 11. The van der Waals surface area contributed by atoms with E-state index in [0.29, 0.717) is 47.2 Å². The van der Waals surface area contributed by atoms with Gasteiger partial charge in [-0.05, 0) is 86.2 Å². The summed E-state index contributed by atoms with van der Waals surface area (Å²) in [5, 5.41) is 14.8. The third-order valence-electron chi connectivity index (χ3n) is 10.1. The Morgan fingerprint density at radius 2 is 1.19 bits per heavy atom. The first-order chi connectivity index (χ1) is 27.4. The Bertz CT molecular complexity index is 2050. The van der Waals surface area contributed by atoms with E-state index < -0.39 is 5.97 Å². The average Bonchev–Trinajstić information content (AvgIpc) is 3.83. The summed E-state index contributed by atoms with van der Waals surface area (Å²) in [6, 6.07) is 16.9. The molecule has 0 saturated carbocycles. The van der Waals surface area contributed by atoms with Crippen LogP contribution in [0.5, 0.6) is 0 Å². The molecule has 8 heterocycles. The van der Waals surface area contributed by atoms with Gasteiger partial charge in [0.1, 0.15) is 17.3 Å². The highest BCUT2D eigenvalue weighted by molar-refractivity contribution is 6.06. The number of carboxylic acids is 1. The fraction of sp³-hybridized carbons (Fsp3) is 0.415. The molecule has 4 amide bonds. The Hall–Kier alpha value is -6.16. The monoisotopic (exact) mass is 777 g/mol. The van der Waals surface area contributed by atoms with E-state index in [4.69, 9.17) is 5.73 Å². The van der Waals surface area contributed by atoms with Crippen LogP contribution >= 0.6 is 0 Å². The van der Waals surface area contributed by atoms with Crippen LogP contribution < -0.4 is 36.0 Å². The van der Waals surface area contributed by atoms with Crippen molar-refractivity contribution < 1.29 is 24.3 Å². The van der Waals surface area contributed by atoms with Crippen LogP contribution in [0.2, 0.25) is 0 Å². The molecule has 300 valence electrons. The summed E-state index contributed by atoms with van der Waals surface area (Å²) >= 11 is 0. The van der Waals surface area contributed by atoms with Gasteiger partial charge < -0.3 is 20.6 Å². The van der Waals surface area contributed by atoms with Gasteiger partial charge in [-0.3, -0.25) is 25.2 Å². The molecule has 0 aliphatic carbocycles. The Morgan fingerprint density at radius 3 is 1.61 bits per heavy atom. The fourth-order valence-corrected chi connectivity index (χ4v) is 6.98. The molecule has 4 aliphatic heterocycles. The molecule has 0 radical (unpaired) electrons. The SMILES string of the molecule is CC(C)CCC(=O)c1ccc2c(n1)N(C(=O)Nc1ccccn1)[C@H]1CCN2C1.CC(C)CN.O=C(O)c1ccc2c(n1)N(C(=O)Nc1ccccn1)[C@H]1CCN2C1. The van der Waals surface area contributed by atoms with Gasteiger partial charge in [-0.1, -0.05) is 39.8 Å². The first-order valence-corrected chi connectivity index (χ1v) is 19.4. The van der Waals surface area contributed by atoms with Crippen molar-refractivity contribution in [1.29, 1.82) is 0 Å². The maximum absolute atomic E-state index is 13.0. The van der Waals surface area contributed by atoms with E-state index in [1.54, 1.807) is 64.7 Å². The normalized spacial score (nSPS) is 17.2. The van der Waals surface area contributed by atoms with E-state index in [1.807, 2.05) is 12.1 Å². The number of pyridine rings is 4. The van der Waals surface area contributed by atoms with Gasteiger partial charge in [0.25, 0.3) is 0 Å². The molecule has 4 bridgehead atoms. The molecule has 4 aliphatic rings. The highest BCUT2D eigenvalue weighted by atomic mass is 16.4. The van der Waals surface area contributed by atoms with Crippen molar-refractivity contribution in [3.63, 3.8) is 0 Å². The number of carbonyl (C=O) groups is 4. The molecule has 16 nitrogen and oxygen atoms in total. The molecule has 2 fully saturated rings. The fourth-order valence-electron chi connectivity index (χ4n) is 6.98. The minimum Gasteiger partial charge on any atom is -0.477 e. The van der Waals surface area contributed by atoms with Crippen molar-refractivity contribution in [3.05, 3.63) is 84.4 Å². The second-order valence-electron chi connectivity index (χ2n) is 15.2. The number of rotatable bonds is 8. The largest absolute Gasteiger partial charge is 0.477 e. The molecule has 4 aromatic heterocycles. The number of nitrogens with zero attached hydrogens (tertiary/aromatic N) is 8. The summed E-state index contributed by atoms with van der Waals surface area (Å²) in [6.07, 6.45) is 6.22. The third-order valence-corrected chi connectivity index (χ3v) is 10.1. The third kappa shape index (κ3) is 9.63. The van der Waals surface area contributed by atoms with Gasteiger partial charge in [-0.25, -0.2) is 34.3 Å². The highest BCUT2D eigenvalue weighted by Crippen LogP contribution is 2.40. The zero-order valence-electron chi connectivity index (χ0n) is 32.8. The molecule has 0 unspecified atom stereocenters. The van der Waals surface area contributed by atoms with Gasteiger partial charge in [0, 0.05) is 45.0 Å². The predicted molar refractivity (Wildman–Crippen MR) is 220 cm³/mol. The van der Waals surface area contributed by atoms with Gasteiger partial charge in [0.15, 0.2) is 23.1 Å². The van der Waals surface area contributed by atoms with E-state index in [-0.39, 0.29) is 35.6 Å². The zero-order chi connectivity index (χ0) is 40.6. The molecule has 4 aromatic rings. The van der Waals surface area contributed by atoms with Crippen molar-refractivity contribution in [3.8, 4) is 0 Å². The van der Waals surface area contributed by atoms with Crippen LogP contribution in [0.1, 0.15) is 74.4 Å². The number of aromatic nitrogens is 4. The molecule has 2 saturated heterocycles. The summed E-state index contributed by atoms with van der Waals surface area (Å²) in [4.78, 5) is 74.3. The number of amides is 4. The topological polar surface area (TPSA) is 203 Å². The van der Waals surface area contributed by atoms with Gasteiger partial charge in [-0.15, -0.1) is 0 Å². The quantitative estimate of drug-likeness (QED) is 0.149. The highest BCUT2D eigenvalue weighted by Gasteiger charge is 2.42. The summed E-state index contributed by atoms with van der Waals surface area (Å²) < 4.78 is 0. The van der Waals surface area contributed by atoms with Crippen LogP contribution in [0.4, 0.5) is 44.2 Å². The van der Waals surface area contributed by atoms with Gasteiger partial charge >= 0.3 is 18.0 Å². The van der Waals surface area contributed by atoms with Crippen LogP contribution in [-0.2, 0) is 0 Å². The number of carbonyl (C=O) groups excluding carboxylic acids is 3. The Kier molecular flexibility index (Phi) is 12.9. The Labute approximate surface area is 332 Å². The molecule has 16 heteroatoms. The standard InChI is InChI=1S/C21H25N5O2.C16H15N5O3.C4H11N/c1-14(2)6-9-18(27)16-7-8-17-20(23-16)26(15-10-12-25(17)13-15)21(28)24-19-5-3-4-11-22-19;22-15(23)11-4-5-12-14(18-11)21(10-6-8-20(12)9-10)16(24)19-13-3-1-2-7-17-13;1-4(2)3-5/h3-5,7-8,11,14-15H,6,9-10,12-13H2,1-2H3,(H,22,24,28);1-5,7,10H,6,8-9H2,(H,22,23)(H,17,19,24);4H,3,5H2,1-2H3/t15-;10-;/m00./s1. The molecular weight excluding hydrogens is 727 g/mol. The van der Waals surface area contributed by atoms with Crippen LogP contribution in [0.25, 0.3) is 0 Å². The molecule has 57 heavy (non-hydrogen) atoms. The number of nitrogens with two attached hydrogens (primary N) is 1. The minimum atomic E-state index is -1.11. The Morgan fingerprint density at radius 1 is 0.719 bits per heavy atom. The van der Waals surface area contributed by atoms with Crippen LogP contribution in [-0.4, -0.2) is 93.7 Å². The van der Waals surface area contributed by atoms with Crippen molar-refractivity contribution in [2.45, 2.75) is 65.5 Å². The van der Waals surface area contributed by atoms with Crippen molar-refractivity contribution in [1.82, 2.24) is 19.9 Å². The van der Waals surface area contributed by atoms with Crippen molar-refractivity contribution >= 4 is 58.5 Å². The molecular formula is C41H51N11O5. The van der Waals surface area contributed by atoms with Crippen molar-refractivity contribution in [2.75, 3.05) is 63.0 Å². The summed E-state index contributed by atoms with van der Waals surface area (Å²) in [7, 11) is 0. The van der Waals surface area contributed by atoms with Gasteiger partial charge in [0.2, 0.25) is 0 Å². The second-order valence-corrected chi connectivity index (χ2v) is 15.2. The lowest BCUT2D eigenvalue weighted by Crippen LogP contribution is -2.48. The number of hydrogen-bond donors (Lipinski definition) is 4. The van der Waals surface area contributed by atoms with Crippen LogP contribution in [0.3, 0.4) is 0 Å². The van der Waals surface area contributed by atoms with E-state index in [1.165, 1.54) is 6.07 Å². The lowest BCUT2D eigenvalue weighted by Gasteiger charge is -2.35. The van der Waals surface area contributed by atoms with E-state index in [0.717, 1.165) is 63.4 Å². The first kappa shape index (κ1) is 40.5. The van der Waals surface area contributed by atoms with Crippen molar-refractivity contribution in [2.24, 2.45) is 17.6 Å².